The summed E-state index contributed by atoms with van der Waals surface area (Å²) in [7, 11) is 0. The van der Waals surface area contributed by atoms with Gasteiger partial charge in [0.15, 0.2) is 0 Å². The number of benzene rings is 2. The first kappa shape index (κ1) is 19.3. The molecule has 0 N–H and O–H groups in total. The zero-order valence-corrected chi connectivity index (χ0v) is 15.4. The molecular formula is C21H24O3S. The van der Waals surface area contributed by atoms with Gasteiger partial charge in [0.1, 0.15) is 0 Å². The van der Waals surface area contributed by atoms with Gasteiger partial charge >= 0.3 is 5.97 Å². The average Bonchev–Trinajstić information content (AvgIpc) is 2.67. The summed E-state index contributed by atoms with van der Waals surface area (Å²) in [5.41, 5.74) is 2.28. The summed E-state index contributed by atoms with van der Waals surface area (Å²) in [5, 5.41) is 0. The van der Waals surface area contributed by atoms with Crippen LogP contribution in [0.3, 0.4) is 0 Å². The minimum atomic E-state index is -0.718. The Hall–Kier alpha value is -2.07. The quantitative estimate of drug-likeness (QED) is 0.256. The van der Waals surface area contributed by atoms with Crippen molar-refractivity contribution in [3.8, 4) is 11.1 Å². The summed E-state index contributed by atoms with van der Waals surface area (Å²) in [4.78, 5) is 24.4. The van der Waals surface area contributed by atoms with Crippen LogP contribution < -0.4 is 0 Å². The van der Waals surface area contributed by atoms with Gasteiger partial charge in [-0.2, -0.15) is 0 Å². The molecule has 25 heavy (non-hydrogen) atoms. The molecule has 2 rings (SSSR count). The van der Waals surface area contributed by atoms with Gasteiger partial charge < -0.3 is 4.74 Å². The molecule has 0 atom stereocenters. The minimum Gasteiger partial charge on any atom is -0.460 e. The second-order valence-corrected chi connectivity index (χ2v) is 6.85. The summed E-state index contributed by atoms with van der Waals surface area (Å²) < 4.78 is 5.01. The summed E-state index contributed by atoms with van der Waals surface area (Å²) in [6, 6.07) is 18.1. The van der Waals surface area contributed by atoms with Crippen LogP contribution in [-0.4, -0.2) is 24.1 Å². The number of hydrogen-bond donors (Lipinski definition) is 0. The number of ketones is 1. The number of ether oxygens (including phenoxy) is 1. The van der Waals surface area contributed by atoms with Crippen LogP contribution in [0.15, 0.2) is 59.5 Å². The summed E-state index contributed by atoms with van der Waals surface area (Å²) in [5.74, 6) is -1.09. The van der Waals surface area contributed by atoms with Crippen molar-refractivity contribution in [3.63, 3.8) is 0 Å². The molecule has 0 saturated carbocycles. The van der Waals surface area contributed by atoms with E-state index in [1.165, 1.54) is 11.8 Å². The fraction of sp³-hybridized carbons (Fsp3) is 0.333. The number of carbonyl (C=O) groups excluding carboxylic acids is 2. The van der Waals surface area contributed by atoms with Crippen LogP contribution in [0.2, 0.25) is 0 Å². The van der Waals surface area contributed by atoms with E-state index in [1.54, 1.807) is 0 Å². The predicted octanol–water partition coefficient (Wildman–Crippen LogP) is 5.14. The Balaban J connectivity index is 1.75. The van der Waals surface area contributed by atoms with Gasteiger partial charge in [0.2, 0.25) is 5.78 Å². The van der Waals surface area contributed by atoms with Gasteiger partial charge in [-0.05, 0) is 29.7 Å². The monoisotopic (exact) mass is 356 g/mol. The van der Waals surface area contributed by atoms with Gasteiger partial charge in [0, 0.05) is 4.90 Å². The Morgan fingerprint density at radius 1 is 0.880 bits per heavy atom. The lowest BCUT2D eigenvalue weighted by Gasteiger charge is -2.05. The van der Waals surface area contributed by atoms with Crippen molar-refractivity contribution in [2.75, 3.05) is 12.4 Å². The Bertz CT molecular complexity index is 665. The third-order valence-electron chi connectivity index (χ3n) is 3.79. The number of hydrogen-bond acceptors (Lipinski definition) is 4. The van der Waals surface area contributed by atoms with Crippen LogP contribution in [0.4, 0.5) is 0 Å². The number of esters is 1. The fourth-order valence-corrected chi connectivity index (χ4v) is 3.10. The van der Waals surface area contributed by atoms with E-state index in [0.717, 1.165) is 41.7 Å². The molecule has 0 aliphatic heterocycles. The van der Waals surface area contributed by atoms with Crippen LogP contribution in [0.5, 0.6) is 0 Å². The highest BCUT2D eigenvalue weighted by Gasteiger charge is 2.15. The highest BCUT2D eigenvalue weighted by molar-refractivity contribution is 8.00. The normalized spacial score (nSPS) is 10.4. The SMILES string of the molecule is CCCCCCOC(=O)C(=O)CSc1ccc(-c2ccccc2)cc1. The van der Waals surface area contributed by atoms with Gasteiger partial charge in [-0.1, -0.05) is 68.7 Å². The Morgan fingerprint density at radius 2 is 1.56 bits per heavy atom. The maximum Gasteiger partial charge on any atom is 0.375 e. The van der Waals surface area contributed by atoms with Gasteiger partial charge in [-0.3, -0.25) is 4.79 Å². The van der Waals surface area contributed by atoms with E-state index in [0.29, 0.717) is 6.61 Å². The molecule has 0 aromatic heterocycles. The highest BCUT2D eigenvalue weighted by Crippen LogP contribution is 2.24. The average molecular weight is 356 g/mol. The molecule has 0 unspecified atom stereocenters. The molecule has 0 radical (unpaired) electrons. The number of rotatable bonds is 10. The molecular weight excluding hydrogens is 332 g/mol. The standard InChI is InChI=1S/C21H24O3S/c1-2-3-4-8-15-24-21(23)20(22)16-25-19-13-11-18(12-14-19)17-9-6-5-7-10-17/h5-7,9-14H,2-4,8,15-16H2,1H3. The van der Waals surface area contributed by atoms with Gasteiger partial charge in [0.05, 0.1) is 12.4 Å². The van der Waals surface area contributed by atoms with Gasteiger partial charge in [0.25, 0.3) is 0 Å². The molecule has 0 heterocycles. The van der Waals surface area contributed by atoms with Crippen molar-refractivity contribution < 1.29 is 14.3 Å². The number of Topliss-reactive ketones (excluding diaryl/α,β-unsaturated/α-hetero) is 1. The van der Waals surface area contributed by atoms with Crippen molar-refractivity contribution in [1.29, 1.82) is 0 Å². The maximum absolute atomic E-state index is 11.8. The predicted molar refractivity (Wildman–Crippen MR) is 103 cm³/mol. The fourth-order valence-electron chi connectivity index (χ4n) is 2.36. The Morgan fingerprint density at radius 3 is 2.24 bits per heavy atom. The maximum atomic E-state index is 11.8. The van der Waals surface area contributed by atoms with Crippen molar-refractivity contribution in [1.82, 2.24) is 0 Å². The number of carbonyl (C=O) groups is 2. The summed E-state index contributed by atoms with van der Waals surface area (Å²) in [6.07, 6.45) is 4.11. The molecule has 0 aliphatic carbocycles. The molecule has 132 valence electrons. The first-order valence-electron chi connectivity index (χ1n) is 8.69. The van der Waals surface area contributed by atoms with Crippen LogP contribution in [-0.2, 0) is 14.3 Å². The first-order chi connectivity index (χ1) is 12.2. The zero-order valence-electron chi connectivity index (χ0n) is 14.6. The molecule has 2 aromatic carbocycles. The zero-order chi connectivity index (χ0) is 17.9. The Kier molecular flexibility index (Phi) is 8.26. The third-order valence-corrected chi connectivity index (χ3v) is 4.80. The van der Waals surface area contributed by atoms with Crippen molar-refractivity contribution in [2.24, 2.45) is 0 Å². The van der Waals surface area contributed by atoms with Crippen molar-refractivity contribution >= 4 is 23.5 Å². The molecule has 0 aliphatic rings. The molecule has 0 amide bonds. The molecule has 0 spiro atoms. The van der Waals surface area contributed by atoms with E-state index < -0.39 is 11.8 Å². The van der Waals surface area contributed by atoms with Gasteiger partial charge in [-0.25, -0.2) is 4.79 Å². The summed E-state index contributed by atoms with van der Waals surface area (Å²) in [6.45, 7) is 2.46. The molecule has 3 nitrogen and oxygen atoms in total. The van der Waals surface area contributed by atoms with Crippen LogP contribution >= 0.6 is 11.8 Å². The van der Waals surface area contributed by atoms with E-state index in [1.807, 2.05) is 42.5 Å². The van der Waals surface area contributed by atoms with Gasteiger partial charge in [-0.15, -0.1) is 11.8 Å². The van der Waals surface area contributed by atoms with E-state index in [-0.39, 0.29) is 5.75 Å². The molecule has 2 aromatic rings. The summed E-state index contributed by atoms with van der Waals surface area (Å²) >= 11 is 1.36. The largest absolute Gasteiger partial charge is 0.460 e. The third kappa shape index (κ3) is 6.75. The second-order valence-electron chi connectivity index (χ2n) is 5.80. The lowest BCUT2D eigenvalue weighted by Crippen LogP contribution is -2.19. The number of unbranched alkanes of at least 4 members (excludes halogenated alkanes) is 3. The van der Waals surface area contributed by atoms with Crippen LogP contribution in [0, 0.1) is 0 Å². The van der Waals surface area contributed by atoms with E-state index >= 15 is 0 Å². The van der Waals surface area contributed by atoms with Crippen molar-refractivity contribution in [2.45, 2.75) is 37.5 Å². The highest BCUT2D eigenvalue weighted by atomic mass is 32.2. The van der Waals surface area contributed by atoms with E-state index in [4.69, 9.17) is 4.74 Å². The first-order valence-corrected chi connectivity index (χ1v) is 9.67. The Labute approximate surface area is 153 Å². The lowest BCUT2D eigenvalue weighted by atomic mass is 10.1. The minimum absolute atomic E-state index is 0.110. The molecule has 0 bridgehead atoms. The van der Waals surface area contributed by atoms with Crippen LogP contribution in [0.25, 0.3) is 11.1 Å². The van der Waals surface area contributed by atoms with Crippen LogP contribution in [0.1, 0.15) is 32.6 Å². The van der Waals surface area contributed by atoms with Crippen molar-refractivity contribution in [3.05, 3.63) is 54.6 Å². The second kappa shape index (κ2) is 10.7. The topological polar surface area (TPSA) is 43.4 Å². The molecule has 0 fully saturated rings. The molecule has 0 saturated heterocycles. The lowest BCUT2D eigenvalue weighted by molar-refractivity contribution is -0.152. The van der Waals surface area contributed by atoms with E-state index in [9.17, 15) is 9.59 Å². The smallest absolute Gasteiger partial charge is 0.375 e. The van der Waals surface area contributed by atoms with E-state index in [2.05, 4.69) is 19.1 Å². The number of thioether (sulfide) groups is 1. The molecule has 4 heteroatoms.